The highest BCUT2D eigenvalue weighted by molar-refractivity contribution is 5.32. The molecule has 0 aromatic heterocycles. The first kappa shape index (κ1) is 14.8. The van der Waals surface area contributed by atoms with Crippen LogP contribution in [0.2, 0.25) is 0 Å². The summed E-state index contributed by atoms with van der Waals surface area (Å²) in [5.41, 5.74) is 4.59. The molecular formula is C20H26. The largest absolute Gasteiger partial charge is 0.0646 e. The van der Waals surface area contributed by atoms with Crippen LogP contribution in [0, 0.1) is 0 Å². The zero-order chi connectivity index (χ0) is 14.6. The number of hydrogen-bond donors (Lipinski definition) is 0. The third kappa shape index (κ3) is 3.50. The maximum Gasteiger partial charge on any atom is -0.0106 e. The predicted molar refractivity (Wildman–Crippen MR) is 88.3 cm³/mol. The molecule has 1 unspecified atom stereocenters. The molecule has 0 bridgehead atoms. The van der Waals surface area contributed by atoms with Crippen molar-refractivity contribution in [2.45, 2.75) is 51.9 Å². The average Bonchev–Trinajstić information content (AvgIpc) is 2.48. The van der Waals surface area contributed by atoms with E-state index < -0.39 is 0 Å². The summed E-state index contributed by atoms with van der Waals surface area (Å²) in [5.74, 6) is 0.560. The first-order valence-corrected chi connectivity index (χ1v) is 7.67. The molecule has 0 radical (unpaired) electrons. The first-order chi connectivity index (χ1) is 9.53. The lowest BCUT2D eigenvalue weighted by atomic mass is 9.80. The molecule has 0 N–H and O–H groups in total. The van der Waals surface area contributed by atoms with E-state index in [0.29, 0.717) is 5.92 Å². The Morgan fingerprint density at radius 1 is 0.950 bits per heavy atom. The highest BCUT2D eigenvalue weighted by Gasteiger charge is 2.19. The zero-order valence-corrected chi connectivity index (χ0v) is 13.2. The number of hydrogen-bond acceptors (Lipinski definition) is 0. The minimum atomic E-state index is 0.266. The molecule has 2 aromatic carbocycles. The Morgan fingerprint density at radius 2 is 1.65 bits per heavy atom. The van der Waals surface area contributed by atoms with Crippen LogP contribution in [0.4, 0.5) is 0 Å². The molecule has 20 heavy (non-hydrogen) atoms. The Bertz CT molecular complexity index is 537. The fourth-order valence-electron chi connectivity index (χ4n) is 2.56. The van der Waals surface area contributed by atoms with Gasteiger partial charge in [-0.3, -0.25) is 0 Å². The number of rotatable bonds is 5. The lowest BCUT2D eigenvalue weighted by Crippen LogP contribution is -2.15. The molecular weight excluding hydrogens is 240 g/mol. The standard InChI is InChI=1S/C20H26/c1-5-20(3,4)19-13-9-12-18(15-19)16(2)14-17-10-7-6-8-11-17/h6-13,15-16H,5,14H2,1-4H3. The summed E-state index contributed by atoms with van der Waals surface area (Å²) < 4.78 is 0. The molecule has 0 fully saturated rings. The van der Waals surface area contributed by atoms with Gasteiger partial charge in [-0.1, -0.05) is 82.3 Å². The van der Waals surface area contributed by atoms with Crippen LogP contribution >= 0.6 is 0 Å². The second-order valence-corrected chi connectivity index (χ2v) is 6.45. The summed E-state index contributed by atoms with van der Waals surface area (Å²) >= 11 is 0. The van der Waals surface area contributed by atoms with Gasteiger partial charge in [0.15, 0.2) is 0 Å². The van der Waals surface area contributed by atoms with Gasteiger partial charge in [0.1, 0.15) is 0 Å². The zero-order valence-electron chi connectivity index (χ0n) is 13.2. The summed E-state index contributed by atoms with van der Waals surface area (Å²) in [6, 6.07) is 19.9. The molecule has 0 saturated heterocycles. The van der Waals surface area contributed by atoms with Gasteiger partial charge >= 0.3 is 0 Å². The average molecular weight is 266 g/mol. The van der Waals surface area contributed by atoms with Crippen molar-refractivity contribution >= 4 is 0 Å². The Labute approximate surface area is 123 Å². The van der Waals surface area contributed by atoms with E-state index in [-0.39, 0.29) is 5.41 Å². The van der Waals surface area contributed by atoms with E-state index >= 15 is 0 Å². The normalized spacial score (nSPS) is 13.2. The van der Waals surface area contributed by atoms with Crippen molar-refractivity contribution < 1.29 is 0 Å². The molecule has 2 rings (SSSR count). The quantitative estimate of drug-likeness (QED) is 0.649. The van der Waals surface area contributed by atoms with Crippen molar-refractivity contribution in [1.29, 1.82) is 0 Å². The highest BCUT2D eigenvalue weighted by Crippen LogP contribution is 2.29. The van der Waals surface area contributed by atoms with Gasteiger partial charge in [0.2, 0.25) is 0 Å². The molecule has 0 aliphatic rings. The lowest BCUT2D eigenvalue weighted by molar-refractivity contribution is 0.505. The van der Waals surface area contributed by atoms with Crippen LogP contribution in [0.3, 0.4) is 0 Å². The Balaban J connectivity index is 2.18. The van der Waals surface area contributed by atoms with Crippen LogP contribution in [0.15, 0.2) is 54.6 Å². The van der Waals surface area contributed by atoms with E-state index in [2.05, 4.69) is 82.3 Å². The lowest BCUT2D eigenvalue weighted by Gasteiger charge is -2.25. The highest BCUT2D eigenvalue weighted by atomic mass is 14.2. The van der Waals surface area contributed by atoms with Crippen molar-refractivity contribution in [1.82, 2.24) is 0 Å². The van der Waals surface area contributed by atoms with Gasteiger partial charge in [-0.05, 0) is 40.9 Å². The fraction of sp³-hybridized carbons (Fsp3) is 0.400. The molecule has 0 heteroatoms. The van der Waals surface area contributed by atoms with E-state index in [1.807, 2.05) is 0 Å². The van der Waals surface area contributed by atoms with E-state index in [1.54, 1.807) is 0 Å². The molecule has 0 heterocycles. The summed E-state index contributed by atoms with van der Waals surface area (Å²) in [6.07, 6.45) is 2.28. The Kier molecular flexibility index (Phi) is 4.65. The van der Waals surface area contributed by atoms with E-state index in [0.717, 1.165) is 6.42 Å². The van der Waals surface area contributed by atoms with Crippen molar-refractivity contribution in [2.75, 3.05) is 0 Å². The molecule has 0 aliphatic carbocycles. The maximum atomic E-state index is 2.40. The predicted octanol–water partition coefficient (Wildman–Crippen LogP) is 5.72. The van der Waals surface area contributed by atoms with Gasteiger partial charge in [0.05, 0.1) is 0 Å². The van der Waals surface area contributed by atoms with Crippen LogP contribution in [0.1, 0.15) is 56.7 Å². The van der Waals surface area contributed by atoms with Crippen molar-refractivity contribution in [3.05, 3.63) is 71.3 Å². The maximum absolute atomic E-state index is 2.40. The monoisotopic (exact) mass is 266 g/mol. The molecule has 1 atom stereocenters. The summed E-state index contributed by atoms with van der Waals surface area (Å²) in [4.78, 5) is 0. The molecule has 0 spiro atoms. The second kappa shape index (κ2) is 6.26. The smallest absolute Gasteiger partial charge is 0.0106 e. The topological polar surface area (TPSA) is 0 Å². The SMILES string of the molecule is CCC(C)(C)c1cccc(C(C)Cc2ccccc2)c1. The molecule has 0 nitrogen and oxygen atoms in total. The van der Waals surface area contributed by atoms with Crippen molar-refractivity contribution in [2.24, 2.45) is 0 Å². The molecule has 2 aromatic rings. The molecule has 0 aliphatic heterocycles. The first-order valence-electron chi connectivity index (χ1n) is 7.67. The van der Waals surface area contributed by atoms with Gasteiger partial charge in [0.25, 0.3) is 0 Å². The summed E-state index contributed by atoms with van der Waals surface area (Å²) in [5, 5.41) is 0. The second-order valence-electron chi connectivity index (χ2n) is 6.45. The third-order valence-electron chi connectivity index (χ3n) is 4.51. The van der Waals surface area contributed by atoms with E-state index in [4.69, 9.17) is 0 Å². The Hall–Kier alpha value is -1.56. The van der Waals surface area contributed by atoms with E-state index in [9.17, 15) is 0 Å². The van der Waals surface area contributed by atoms with Crippen LogP contribution in [0.5, 0.6) is 0 Å². The van der Waals surface area contributed by atoms with Crippen LogP contribution in [-0.4, -0.2) is 0 Å². The van der Waals surface area contributed by atoms with Crippen LogP contribution in [0.25, 0.3) is 0 Å². The minimum Gasteiger partial charge on any atom is -0.0646 e. The fourth-order valence-corrected chi connectivity index (χ4v) is 2.56. The molecule has 0 saturated carbocycles. The van der Waals surface area contributed by atoms with Gasteiger partial charge in [-0.2, -0.15) is 0 Å². The van der Waals surface area contributed by atoms with Crippen molar-refractivity contribution in [3.8, 4) is 0 Å². The third-order valence-corrected chi connectivity index (χ3v) is 4.51. The summed E-state index contributed by atoms with van der Waals surface area (Å²) in [6.45, 7) is 9.24. The Morgan fingerprint density at radius 3 is 2.30 bits per heavy atom. The summed E-state index contributed by atoms with van der Waals surface area (Å²) in [7, 11) is 0. The van der Waals surface area contributed by atoms with Gasteiger partial charge < -0.3 is 0 Å². The van der Waals surface area contributed by atoms with Crippen LogP contribution in [-0.2, 0) is 11.8 Å². The van der Waals surface area contributed by atoms with Gasteiger partial charge in [0, 0.05) is 0 Å². The van der Waals surface area contributed by atoms with E-state index in [1.165, 1.54) is 23.1 Å². The molecule has 0 amide bonds. The van der Waals surface area contributed by atoms with Gasteiger partial charge in [-0.25, -0.2) is 0 Å². The van der Waals surface area contributed by atoms with Gasteiger partial charge in [-0.15, -0.1) is 0 Å². The molecule has 106 valence electrons. The number of benzene rings is 2. The van der Waals surface area contributed by atoms with Crippen LogP contribution < -0.4 is 0 Å². The van der Waals surface area contributed by atoms with Crippen molar-refractivity contribution in [3.63, 3.8) is 0 Å². The minimum absolute atomic E-state index is 0.266.